The molecule has 0 saturated heterocycles. The molecule has 0 saturated carbocycles. The van der Waals surface area contributed by atoms with Crippen LogP contribution in [0.4, 0.5) is 0 Å². The molecule has 1 rings (SSSR count). The average molecular weight is 239 g/mol. The van der Waals surface area contributed by atoms with Crippen molar-refractivity contribution in [2.24, 2.45) is 0 Å². The molecule has 1 aromatic carbocycles. The van der Waals surface area contributed by atoms with Crippen molar-refractivity contribution in [1.82, 2.24) is 5.32 Å². The van der Waals surface area contributed by atoms with Gasteiger partial charge < -0.3 is 20.3 Å². The fourth-order valence-electron chi connectivity index (χ4n) is 1.27. The van der Waals surface area contributed by atoms with Crippen LogP contribution in [0, 0.1) is 0 Å². The number of nitrogens with one attached hydrogen (secondary N) is 1. The van der Waals surface area contributed by atoms with Crippen LogP contribution >= 0.6 is 0 Å². The van der Waals surface area contributed by atoms with Crippen LogP contribution in [0.3, 0.4) is 0 Å². The van der Waals surface area contributed by atoms with E-state index < -0.39 is 0 Å². The molecule has 17 heavy (non-hydrogen) atoms. The Labute approximate surface area is 100 Å². The van der Waals surface area contributed by atoms with Crippen molar-refractivity contribution in [2.45, 2.75) is 6.61 Å². The smallest absolute Gasteiger partial charge is 0.251 e. The second-order valence-corrected chi connectivity index (χ2v) is 3.45. The van der Waals surface area contributed by atoms with Crippen LogP contribution < -0.4 is 5.32 Å². The molecule has 1 amide bonds. The van der Waals surface area contributed by atoms with Gasteiger partial charge in [-0.05, 0) is 17.7 Å². The van der Waals surface area contributed by atoms with E-state index in [0.29, 0.717) is 18.7 Å². The van der Waals surface area contributed by atoms with Crippen molar-refractivity contribution in [3.05, 3.63) is 35.4 Å². The lowest BCUT2D eigenvalue weighted by molar-refractivity contribution is 0.0838. The summed E-state index contributed by atoms with van der Waals surface area (Å²) in [7, 11) is 0. The number of rotatable bonds is 7. The summed E-state index contributed by atoms with van der Waals surface area (Å²) in [6, 6.07) is 6.74. The Morgan fingerprint density at radius 1 is 1.18 bits per heavy atom. The molecule has 3 N–H and O–H groups in total. The fourth-order valence-corrected chi connectivity index (χ4v) is 1.27. The minimum absolute atomic E-state index is 0.0173. The van der Waals surface area contributed by atoms with E-state index in [1.54, 1.807) is 24.3 Å². The number of benzene rings is 1. The molecule has 0 spiro atoms. The van der Waals surface area contributed by atoms with Crippen molar-refractivity contribution in [1.29, 1.82) is 0 Å². The maximum Gasteiger partial charge on any atom is 0.251 e. The molecule has 0 heterocycles. The molecule has 5 nitrogen and oxygen atoms in total. The number of aliphatic hydroxyl groups excluding tert-OH is 2. The summed E-state index contributed by atoms with van der Waals surface area (Å²) < 4.78 is 5.01. The van der Waals surface area contributed by atoms with Crippen molar-refractivity contribution in [3.63, 3.8) is 0 Å². The molecule has 5 heteroatoms. The van der Waals surface area contributed by atoms with Gasteiger partial charge in [0.15, 0.2) is 0 Å². The minimum Gasteiger partial charge on any atom is -0.394 e. The summed E-state index contributed by atoms with van der Waals surface area (Å²) in [5, 5.41) is 20.0. The molecule has 0 bridgehead atoms. The predicted molar refractivity (Wildman–Crippen MR) is 62.6 cm³/mol. The van der Waals surface area contributed by atoms with E-state index >= 15 is 0 Å². The number of ether oxygens (including phenoxy) is 1. The molecular weight excluding hydrogens is 222 g/mol. The molecule has 94 valence electrons. The first kappa shape index (κ1) is 13.6. The molecule has 0 unspecified atom stereocenters. The SMILES string of the molecule is O=C(NCCOCCO)c1ccc(CO)cc1. The lowest BCUT2D eigenvalue weighted by Gasteiger charge is -2.06. The van der Waals surface area contributed by atoms with Gasteiger partial charge in [0.2, 0.25) is 0 Å². The molecular formula is C12H17NO4. The van der Waals surface area contributed by atoms with Crippen LogP contribution in [0.15, 0.2) is 24.3 Å². The Kier molecular flexibility index (Phi) is 6.24. The van der Waals surface area contributed by atoms with Gasteiger partial charge in [-0.2, -0.15) is 0 Å². The highest BCUT2D eigenvalue weighted by atomic mass is 16.5. The summed E-state index contributed by atoms with van der Waals surface area (Å²) in [6.07, 6.45) is 0. The van der Waals surface area contributed by atoms with E-state index in [4.69, 9.17) is 14.9 Å². The first-order valence-corrected chi connectivity index (χ1v) is 5.44. The topological polar surface area (TPSA) is 78.8 Å². The van der Waals surface area contributed by atoms with Crippen LogP contribution in [0.2, 0.25) is 0 Å². The molecule has 0 aromatic heterocycles. The monoisotopic (exact) mass is 239 g/mol. The van der Waals surface area contributed by atoms with Crippen LogP contribution in [0.5, 0.6) is 0 Å². The number of carbonyl (C=O) groups excluding carboxylic acids is 1. The Morgan fingerprint density at radius 3 is 2.47 bits per heavy atom. The highest BCUT2D eigenvalue weighted by Crippen LogP contribution is 2.03. The van der Waals surface area contributed by atoms with Gasteiger partial charge in [0.05, 0.1) is 26.4 Å². The Balaban J connectivity index is 2.31. The largest absolute Gasteiger partial charge is 0.394 e. The van der Waals surface area contributed by atoms with Crippen molar-refractivity contribution >= 4 is 5.91 Å². The van der Waals surface area contributed by atoms with Crippen molar-refractivity contribution in [2.75, 3.05) is 26.4 Å². The molecule has 0 fully saturated rings. The second-order valence-electron chi connectivity index (χ2n) is 3.45. The van der Waals surface area contributed by atoms with E-state index in [1.165, 1.54) is 0 Å². The van der Waals surface area contributed by atoms with E-state index in [9.17, 15) is 4.79 Å². The standard InChI is InChI=1S/C12H17NO4/c14-6-8-17-7-5-13-12(16)11-3-1-10(9-15)2-4-11/h1-4,14-15H,5-9H2,(H,13,16). The van der Waals surface area contributed by atoms with Crippen LogP contribution in [0.25, 0.3) is 0 Å². The van der Waals surface area contributed by atoms with Gasteiger partial charge in [0, 0.05) is 12.1 Å². The first-order valence-electron chi connectivity index (χ1n) is 5.44. The maximum atomic E-state index is 11.6. The third-order valence-corrected chi connectivity index (χ3v) is 2.17. The molecule has 0 atom stereocenters. The maximum absolute atomic E-state index is 11.6. The van der Waals surface area contributed by atoms with Gasteiger partial charge in [-0.15, -0.1) is 0 Å². The normalized spacial score (nSPS) is 10.2. The highest BCUT2D eigenvalue weighted by Gasteiger charge is 2.03. The second kappa shape index (κ2) is 7.78. The van der Waals surface area contributed by atoms with E-state index in [2.05, 4.69) is 5.32 Å². The summed E-state index contributed by atoms with van der Waals surface area (Å²) >= 11 is 0. The Morgan fingerprint density at radius 2 is 1.88 bits per heavy atom. The van der Waals surface area contributed by atoms with Gasteiger partial charge in [0.25, 0.3) is 5.91 Å². The van der Waals surface area contributed by atoms with Gasteiger partial charge in [-0.1, -0.05) is 12.1 Å². The molecule has 0 aliphatic carbocycles. The molecule has 0 radical (unpaired) electrons. The van der Waals surface area contributed by atoms with Gasteiger partial charge in [-0.25, -0.2) is 0 Å². The first-order chi connectivity index (χ1) is 8.27. The third kappa shape index (κ3) is 4.95. The van der Waals surface area contributed by atoms with Crippen LogP contribution in [-0.2, 0) is 11.3 Å². The van der Waals surface area contributed by atoms with E-state index in [1.807, 2.05) is 0 Å². The van der Waals surface area contributed by atoms with Gasteiger partial charge >= 0.3 is 0 Å². The number of amides is 1. The number of hydrogen-bond donors (Lipinski definition) is 3. The van der Waals surface area contributed by atoms with Crippen molar-refractivity contribution in [3.8, 4) is 0 Å². The quantitative estimate of drug-likeness (QED) is 0.581. The average Bonchev–Trinajstić information content (AvgIpc) is 2.38. The van der Waals surface area contributed by atoms with Crippen LogP contribution in [-0.4, -0.2) is 42.5 Å². The Bertz CT molecular complexity index is 337. The molecule has 0 aliphatic heterocycles. The number of hydrogen-bond acceptors (Lipinski definition) is 4. The fraction of sp³-hybridized carbons (Fsp3) is 0.417. The number of carbonyl (C=O) groups is 1. The summed E-state index contributed by atoms with van der Waals surface area (Å²) in [4.78, 5) is 11.6. The summed E-state index contributed by atoms with van der Waals surface area (Å²) in [5.74, 6) is -0.179. The van der Waals surface area contributed by atoms with E-state index in [0.717, 1.165) is 5.56 Å². The zero-order valence-corrected chi connectivity index (χ0v) is 9.56. The molecule has 0 aliphatic rings. The minimum atomic E-state index is -0.179. The predicted octanol–water partition coefficient (Wildman–Crippen LogP) is -0.0824. The lowest BCUT2D eigenvalue weighted by Crippen LogP contribution is -2.27. The van der Waals surface area contributed by atoms with Gasteiger partial charge in [-0.3, -0.25) is 4.79 Å². The van der Waals surface area contributed by atoms with E-state index in [-0.39, 0.29) is 25.7 Å². The number of aliphatic hydroxyl groups is 2. The van der Waals surface area contributed by atoms with Crippen molar-refractivity contribution < 1.29 is 19.7 Å². The highest BCUT2D eigenvalue weighted by molar-refractivity contribution is 5.94. The van der Waals surface area contributed by atoms with Gasteiger partial charge in [0.1, 0.15) is 0 Å². The zero-order chi connectivity index (χ0) is 12.5. The Hall–Kier alpha value is -1.43. The third-order valence-electron chi connectivity index (χ3n) is 2.17. The lowest BCUT2D eigenvalue weighted by atomic mass is 10.1. The zero-order valence-electron chi connectivity index (χ0n) is 9.56. The summed E-state index contributed by atoms with van der Waals surface area (Å²) in [6.45, 7) is 1.01. The van der Waals surface area contributed by atoms with Crippen LogP contribution in [0.1, 0.15) is 15.9 Å². The summed E-state index contributed by atoms with van der Waals surface area (Å²) in [5.41, 5.74) is 1.32. The molecule has 1 aromatic rings.